The first kappa shape index (κ1) is 15.1. The van der Waals surface area contributed by atoms with Crippen molar-refractivity contribution in [1.29, 1.82) is 0 Å². The number of ketones is 2. The molecule has 23 heavy (non-hydrogen) atoms. The highest BCUT2D eigenvalue weighted by molar-refractivity contribution is 6.05. The zero-order valence-corrected chi connectivity index (χ0v) is 14.0. The van der Waals surface area contributed by atoms with Crippen molar-refractivity contribution in [2.45, 2.75) is 64.7 Å². The fourth-order valence-electron chi connectivity index (χ4n) is 5.18. The van der Waals surface area contributed by atoms with Crippen molar-refractivity contribution in [2.75, 3.05) is 0 Å². The minimum absolute atomic E-state index is 0.178. The molecule has 4 rings (SSSR count). The van der Waals surface area contributed by atoms with E-state index in [0.717, 1.165) is 37.0 Å². The van der Waals surface area contributed by atoms with Crippen LogP contribution in [-0.4, -0.2) is 16.7 Å². The van der Waals surface area contributed by atoms with Crippen molar-refractivity contribution in [3.63, 3.8) is 0 Å². The number of fused-ring (bicyclic) bond motifs is 2. The van der Waals surface area contributed by atoms with Gasteiger partial charge in [-0.05, 0) is 31.1 Å². The average molecular weight is 315 g/mol. The Morgan fingerprint density at radius 2 is 2.13 bits per heavy atom. The second-order valence-corrected chi connectivity index (χ2v) is 8.17. The lowest BCUT2D eigenvalue weighted by molar-refractivity contribution is -0.147. The molecular formula is C19H25NO3. The lowest BCUT2D eigenvalue weighted by atomic mass is 9.53. The summed E-state index contributed by atoms with van der Waals surface area (Å²) in [5, 5.41) is 3.93. The number of carbonyl (C=O) groups excluding carboxylic acids is 2. The third-order valence-electron chi connectivity index (χ3n) is 6.82. The number of hydrogen-bond acceptors (Lipinski definition) is 4. The summed E-state index contributed by atoms with van der Waals surface area (Å²) < 4.78 is 5.42. The maximum absolute atomic E-state index is 13.2. The van der Waals surface area contributed by atoms with Gasteiger partial charge in [-0.25, -0.2) is 0 Å². The molecule has 0 saturated heterocycles. The van der Waals surface area contributed by atoms with E-state index in [1.165, 1.54) is 6.42 Å². The summed E-state index contributed by atoms with van der Waals surface area (Å²) in [7, 11) is 0. The SMILES string of the molecule is C[C@H]1c2oncc2C[C@@]2(C)C(=O)C(C(=O)CC3CCC3)CC[C@H]12. The molecule has 1 heterocycles. The third-order valence-corrected chi connectivity index (χ3v) is 6.82. The molecule has 4 heteroatoms. The molecule has 0 aliphatic heterocycles. The minimum Gasteiger partial charge on any atom is -0.361 e. The quantitative estimate of drug-likeness (QED) is 0.798. The van der Waals surface area contributed by atoms with Crippen molar-refractivity contribution in [1.82, 2.24) is 5.16 Å². The van der Waals surface area contributed by atoms with Crippen LogP contribution in [0.3, 0.4) is 0 Å². The average Bonchev–Trinajstić information content (AvgIpc) is 2.93. The topological polar surface area (TPSA) is 60.2 Å². The van der Waals surface area contributed by atoms with Gasteiger partial charge in [0.25, 0.3) is 0 Å². The van der Waals surface area contributed by atoms with Crippen LogP contribution in [0.1, 0.15) is 69.6 Å². The fourth-order valence-corrected chi connectivity index (χ4v) is 5.18. The number of rotatable bonds is 3. The first-order chi connectivity index (χ1) is 11.0. The summed E-state index contributed by atoms with van der Waals surface area (Å²) in [5.74, 6) is 1.96. The van der Waals surface area contributed by atoms with Crippen molar-refractivity contribution in [2.24, 2.45) is 23.2 Å². The summed E-state index contributed by atoms with van der Waals surface area (Å²) in [6.45, 7) is 4.20. The summed E-state index contributed by atoms with van der Waals surface area (Å²) in [5.41, 5.74) is 0.618. The van der Waals surface area contributed by atoms with Crippen molar-refractivity contribution >= 4 is 11.6 Å². The van der Waals surface area contributed by atoms with Gasteiger partial charge in [0.05, 0.1) is 12.1 Å². The maximum atomic E-state index is 13.2. The molecule has 0 radical (unpaired) electrons. The maximum Gasteiger partial charge on any atom is 0.149 e. The van der Waals surface area contributed by atoms with Gasteiger partial charge in [0.2, 0.25) is 0 Å². The zero-order chi connectivity index (χ0) is 16.2. The third kappa shape index (κ3) is 2.21. The van der Waals surface area contributed by atoms with E-state index in [1.807, 2.05) is 0 Å². The van der Waals surface area contributed by atoms with Gasteiger partial charge in [-0.3, -0.25) is 9.59 Å². The van der Waals surface area contributed by atoms with Gasteiger partial charge in [-0.1, -0.05) is 38.3 Å². The Morgan fingerprint density at radius 3 is 2.83 bits per heavy atom. The predicted molar refractivity (Wildman–Crippen MR) is 84.9 cm³/mol. The highest BCUT2D eigenvalue weighted by Gasteiger charge is 2.55. The Morgan fingerprint density at radius 1 is 1.35 bits per heavy atom. The summed E-state index contributed by atoms with van der Waals surface area (Å²) in [4.78, 5) is 25.9. The molecule has 4 atom stereocenters. The van der Waals surface area contributed by atoms with Gasteiger partial charge in [-0.15, -0.1) is 0 Å². The van der Waals surface area contributed by atoms with Gasteiger partial charge in [0, 0.05) is 23.3 Å². The van der Waals surface area contributed by atoms with Crippen LogP contribution in [0.5, 0.6) is 0 Å². The van der Waals surface area contributed by atoms with Crippen LogP contribution in [0.4, 0.5) is 0 Å². The van der Waals surface area contributed by atoms with Crippen LogP contribution in [-0.2, 0) is 16.0 Å². The van der Waals surface area contributed by atoms with Gasteiger partial charge in [-0.2, -0.15) is 0 Å². The molecule has 4 nitrogen and oxygen atoms in total. The Balaban J connectivity index is 1.58. The van der Waals surface area contributed by atoms with Crippen LogP contribution < -0.4 is 0 Å². The Labute approximate surface area is 137 Å². The van der Waals surface area contributed by atoms with Crippen LogP contribution in [0, 0.1) is 23.2 Å². The van der Waals surface area contributed by atoms with E-state index < -0.39 is 5.41 Å². The smallest absolute Gasteiger partial charge is 0.149 e. The molecule has 0 amide bonds. The standard InChI is InChI=1S/C19H25NO3/c1-11-15-7-6-14(16(21)8-12-4-3-5-12)18(22)19(15,2)9-13-10-20-23-17(11)13/h10-12,14-15H,3-9H2,1-2H3/t11-,14?,15-,19-/m1/s1. The number of Topliss-reactive ketones (excluding diaryl/α,β-unsaturated/α-hetero) is 2. The Kier molecular flexibility index (Phi) is 3.47. The molecule has 3 aliphatic rings. The number of aromatic nitrogens is 1. The normalized spacial score (nSPS) is 37.0. The van der Waals surface area contributed by atoms with Gasteiger partial charge in [0.1, 0.15) is 17.3 Å². The molecule has 1 unspecified atom stereocenters. The fraction of sp³-hybridized carbons (Fsp3) is 0.737. The van der Waals surface area contributed by atoms with Crippen molar-refractivity contribution < 1.29 is 14.1 Å². The number of hydrogen-bond donors (Lipinski definition) is 0. The van der Waals surface area contributed by atoms with E-state index in [4.69, 9.17) is 4.52 Å². The number of carbonyl (C=O) groups is 2. The highest BCUT2D eigenvalue weighted by Crippen LogP contribution is 2.54. The van der Waals surface area contributed by atoms with Crippen LogP contribution in [0.15, 0.2) is 10.7 Å². The zero-order valence-electron chi connectivity index (χ0n) is 14.0. The van der Waals surface area contributed by atoms with Crippen molar-refractivity contribution in [3.8, 4) is 0 Å². The molecule has 1 aromatic rings. The molecule has 124 valence electrons. The molecule has 0 N–H and O–H groups in total. The molecule has 1 aromatic heterocycles. The van der Waals surface area contributed by atoms with E-state index >= 15 is 0 Å². The summed E-state index contributed by atoms with van der Waals surface area (Å²) >= 11 is 0. The van der Waals surface area contributed by atoms with Crippen LogP contribution in [0.25, 0.3) is 0 Å². The second-order valence-electron chi connectivity index (χ2n) is 8.17. The number of nitrogens with zero attached hydrogens (tertiary/aromatic N) is 1. The second kappa shape index (κ2) is 5.29. The van der Waals surface area contributed by atoms with Gasteiger partial charge < -0.3 is 4.52 Å². The van der Waals surface area contributed by atoms with E-state index in [1.54, 1.807) is 6.20 Å². The lowest BCUT2D eigenvalue weighted by Gasteiger charge is -2.48. The van der Waals surface area contributed by atoms with Crippen molar-refractivity contribution in [3.05, 3.63) is 17.5 Å². The first-order valence-corrected chi connectivity index (χ1v) is 9.01. The van der Waals surface area contributed by atoms with Crippen LogP contribution >= 0.6 is 0 Å². The van der Waals surface area contributed by atoms with E-state index in [2.05, 4.69) is 19.0 Å². The molecule has 0 aromatic carbocycles. The molecule has 3 aliphatic carbocycles. The molecule has 0 spiro atoms. The minimum atomic E-state index is -0.434. The monoisotopic (exact) mass is 315 g/mol. The summed E-state index contributed by atoms with van der Waals surface area (Å²) in [6.07, 6.45) is 8.26. The van der Waals surface area contributed by atoms with E-state index in [-0.39, 0.29) is 29.3 Å². The Bertz CT molecular complexity index is 645. The van der Waals surface area contributed by atoms with Gasteiger partial charge >= 0.3 is 0 Å². The van der Waals surface area contributed by atoms with Crippen LogP contribution in [0.2, 0.25) is 0 Å². The summed E-state index contributed by atoms with van der Waals surface area (Å²) in [6, 6.07) is 0. The highest BCUT2D eigenvalue weighted by atomic mass is 16.5. The van der Waals surface area contributed by atoms with E-state index in [9.17, 15) is 9.59 Å². The molecule has 2 saturated carbocycles. The van der Waals surface area contributed by atoms with Gasteiger partial charge in [0.15, 0.2) is 0 Å². The first-order valence-electron chi connectivity index (χ1n) is 9.01. The molecular weight excluding hydrogens is 290 g/mol. The largest absolute Gasteiger partial charge is 0.361 e. The molecule has 2 fully saturated rings. The lowest BCUT2D eigenvalue weighted by Crippen LogP contribution is -2.51. The predicted octanol–water partition coefficient (Wildman–Crippen LogP) is 3.70. The van der Waals surface area contributed by atoms with E-state index in [0.29, 0.717) is 18.8 Å². The Hall–Kier alpha value is -1.45. The molecule has 0 bridgehead atoms.